The number of amides is 2. The molecule has 4 atom stereocenters. The maximum Gasteiger partial charge on any atom is 0.235 e. The molecule has 6 fully saturated rings. The number of allylic oxidation sites excluding steroid dienone is 2. The molecule has 0 unspecified atom stereocenters. The predicted molar refractivity (Wildman–Crippen MR) is 115 cm³/mol. The van der Waals surface area contributed by atoms with Crippen molar-refractivity contribution < 1.29 is 9.59 Å². The minimum Gasteiger partial charge on any atom is -0.281 e. The van der Waals surface area contributed by atoms with Crippen molar-refractivity contribution in [2.24, 2.45) is 35.0 Å². The van der Waals surface area contributed by atoms with Gasteiger partial charge < -0.3 is 0 Å². The fraction of sp³-hybridized carbons (Fsp3) is 0.800. The minimum absolute atomic E-state index is 0.0107. The fourth-order valence-electron chi connectivity index (χ4n) is 8.03. The molecular formula is C20H19Cl6NO2. The number of hydrogen-bond donors (Lipinski definition) is 0. The molecule has 5 saturated carbocycles. The van der Waals surface area contributed by atoms with Crippen molar-refractivity contribution in [2.75, 3.05) is 6.54 Å². The number of alkyl halides is 4. The second-order valence-corrected chi connectivity index (χ2v) is 13.5. The Morgan fingerprint density at radius 1 is 0.759 bits per heavy atom. The summed E-state index contributed by atoms with van der Waals surface area (Å²) in [5, 5.41) is -0.0558. The first kappa shape index (κ1) is 20.2. The molecule has 9 heteroatoms. The summed E-state index contributed by atoms with van der Waals surface area (Å²) in [6.07, 6.45) is 7.11. The van der Waals surface area contributed by atoms with Gasteiger partial charge in [-0.1, -0.05) is 46.4 Å². The van der Waals surface area contributed by atoms with Crippen LogP contribution in [0.4, 0.5) is 0 Å². The topological polar surface area (TPSA) is 37.4 Å². The van der Waals surface area contributed by atoms with Gasteiger partial charge in [-0.15, -0.1) is 23.2 Å². The summed E-state index contributed by atoms with van der Waals surface area (Å²) in [6, 6.07) is 0. The van der Waals surface area contributed by atoms with Gasteiger partial charge in [0.05, 0.1) is 21.9 Å². The molecule has 1 aliphatic heterocycles. The Bertz CT molecular complexity index is 820. The van der Waals surface area contributed by atoms with Crippen molar-refractivity contribution in [2.45, 2.75) is 52.6 Å². The van der Waals surface area contributed by atoms with E-state index in [1.54, 1.807) is 0 Å². The Hall–Kier alpha value is 0.620. The highest BCUT2D eigenvalue weighted by Gasteiger charge is 2.87. The van der Waals surface area contributed by atoms with Crippen molar-refractivity contribution in [3.8, 4) is 0 Å². The van der Waals surface area contributed by atoms with E-state index in [1.807, 2.05) is 0 Å². The van der Waals surface area contributed by atoms with Gasteiger partial charge in [-0.3, -0.25) is 14.5 Å². The molecule has 6 aliphatic carbocycles. The minimum atomic E-state index is -1.86. The summed E-state index contributed by atoms with van der Waals surface area (Å²) in [4.78, 5) is 25.0. The molecule has 2 amide bonds. The van der Waals surface area contributed by atoms with E-state index in [0.717, 1.165) is 19.3 Å². The second-order valence-electron chi connectivity index (χ2n) is 10.3. The molecule has 6 bridgehead atoms. The van der Waals surface area contributed by atoms with Crippen LogP contribution in [0, 0.1) is 35.0 Å². The molecule has 3 nitrogen and oxygen atoms in total. The molecule has 0 N–H and O–H groups in total. The maximum atomic E-state index is 13.5. The lowest BCUT2D eigenvalue weighted by molar-refractivity contribution is -0.147. The van der Waals surface area contributed by atoms with Crippen molar-refractivity contribution in [3.05, 3.63) is 10.1 Å². The number of rotatable bonds is 2. The largest absolute Gasteiger partial charge is 0.281 e. The number of hydrogen-bond acceptors (Lipinski definition) is 2. The Morgan fingerprint density at radius 3 is 1.52 bits per heavy atom. The smallest absolute Gasteiger partial charge is 0.235 e. The summed E-state index contributed by atoms with van der Waals surface area (Å²) < 4.78 is -1.86. The zero-order valence-electron chi connectivity index (χ0n) is 15.4. The highest BCUT2D eigenvalue weighted by Crippen LogP contribution is 2.77. The number of halogens is 6. The van der Waals surface area contributed by atoms with E-state index in [2.05, 4.69) is 0 Å². The van der Waals surface area contributed by atoms with E-state index < -0.39 is 25.9 Å². The first-order valence-corrected chi connectivity index (χ1v) is 12.4. The van der Waals surface area contributed by atoms with E-state index in [0.29, 0.717) is 24.3 Å². The van der Waals surface area contributed by atoms with Crippen LogP contribution in [-0.4, -0.2) is 37.3 Å². The monoisotopic (exact) mass is 515 g/mol. The normalized spacial score (nSPS) is 54.1. The Labute approximate surface area is 199 Å². The molecule has 7 rings (SSSR count). The molecule has 0 aromatic rings. The zero-order chi connectivity index (χ0) is 20.7. The van der Waals surface area contributed by atoms with Crippen LogP contribution in [0.15, 0.2) is 10.1 Å². The van der Waals surface area contributed by atoms with Crippen molar-refractivity contribution in [3.63, 3.8) is 0 Å². The van der Waals surface area contributed by atoms with Crippen LogP contribution in [0.2, 0.25) is 0 Å². The number of carbonyl (C=O) groups is 2. The lowest BCUT2D eigenvalue weighted by Crippen LogP contribution is -2.55. The number of carbonyl (C=O) groups excluding carboxylic acids is 2. The molecule has 1 heterocycles. The Morgan fingerprint density at radius 2 is 1.14 bits per heavy atom. The van der Waals surface area contributed by atoms with Gasteiger partial charge >= 0.3 is 0 Å². The third-order valence-electron chi connectivity index (χ3n) is 8.66. The van der Waals surface area contributed by atoms with E-state index >= 15 is 0 Å². The van der Waals surface area contributed by atoms with Crippen molar-refractivity contribution in [1.29, 1.82) is 0 Å². The summed E-state index contributed by atoms with van der Waals surface area (Å²) in [5.41, 5.74) is 0.0107. The zero-order valence-corrected chi connectivity index (χ0v) is 19.9. The van der Waals surface area contributed by atoms with Gasteiger partial charge in [0.2, 0.25) is 11.8 Å². The second kappa shape index (κ2) is 5.75. The summed E-state index contributed by atoms with van der Waals surface area (Å²) >= 11 is 39.5. The van der Waals surface area contributed by atoms with E-state index in [4.69, 9.17) is 69.6 Å². The Balaban J connectivity index is 1.38. The molecule has 1 saturated heterocycles. The van der Waals surface area contributed by atoms with Gasteiger partial charge in [0.25, 0.3) is 0 Å². The third kappa shape index (κ3) is 2.09. The van der Waals surface area contributed by atoms with Gasteiger partial charge in [-0.05, 0) is 61.7 Å². The highest BCUT2D eigenvalue weighted by molar-refractivity contribution is 6.66. The molecule has 7 aliphatic rings. The SMILES string of the molecule is O=C1[C@@H]2[C@@H](C(=O)N1CC13CC4CC(CC(C4)C1)C3)[C@]1(Cl)C(Cl)=C(Cl)[C@]2(Cl)C1(Cl)Cl. The molecule has 0 aromatic heterocycles. The molecule has 158 valence electrons. The van der Waals surface area contributed by atoms with Gasteiger partial charge in [0.15, 0.2) is 4.33 Å². The molecule has 29 heavy (non-hydrogen) atoms. The third-order valence-corrected chi connectivity index (χ3v) is 12.9. The van der Waals surface area contributed by atoms with E-state index in [9.17, 15) is 9.59 Å². The lowest BCUT2D eigenvalue weighted by atomic mass is 9.49. The van der Waals surface area contributed by atoms with Crippen LogP contribution in [0.1, 0.15) is 38.5 Å². The number of fused-ring (bicyclic) bond motifs is 5. The molecular weight excluding hydrogens is 499 g/mol. The lowest BCUT2D eigenvalue weighted by Gasteiger charge is -2.57. The van der Waals surface area contributed by atoms with E-state index in [1.165, 1.54) is 24.2 Å². The van der Waals surface area contributed by atoms with Crippen LogP contribution >= 0.6 is 69.6 Å². The van der Waals surface area contributed by atoms with Crippen molar-refractivity contribution in [1.82, 2.24) is 4.90 Å². The molecule has 0 spiro atoms. The number of imide groups is 1. The van der Waals surface area contributed by atoms with Crippen LogP contribution in [0.3, 0.4) is 0 Å². The average Bonchev–Trinajstić information content (AvgIpc) is 2.99. The average molecular weight is 518 g/mol. The van der Waals surface area contributed by atoms with E-state index in [-0.39, 0.29) is 27.3 Å². The van der Waals surface area contributed by atoms with Crippen LogP contribution in [0.25, 0.3) is 0 Å². The van der Waals surface area contributed by atoms with Gasteiger partial charge in [-0.2, -0.15) is 0 Å². The van der Waals surface area contributed by atoms with Crippen molar-refractivity contribution >= 4 is 81.4 Å². The summed E-state index contributed by atoms with van der Waals surface area (Å²) in [6.45, 7) is 0.425. The summed E-state index contributed by atoms with van der Waals surface area (Å²) in [5.74, 6) is -0.615. The predicted octanol–water partition coefficient (Wildman–Crippen LogP) is 5.65. The van der Waals surface area contributed by atoms with Gasteiger partial charge in [-0.25, -0.2) is 0 Å². The van der Waals surface area contributed by atoms with Gasteiger partial charge in [0, 0.05) is 6.54 Å². The quantitative estimate of drug-likeness (QED) is 0.350. The van der Waals surface area contributed by atoms with Crippen LogP contribution < -0.4 is 0 Å². The molecule has 0 radical (unpaired) electrons. The number of likely N-dealkylation sites (tertiary alicyclic amines) is 1. The first-order valence-electron chi connectivity index (χ1n) is 10.1. The highest BCUT2D eigenvalue weighted by atomic mass is 35.5. The van der Waals surface area contributed by atoms with Crippen LogP contribution in [-0.2, 0) is 9.59 Å². The molecule has 0 aromatic carbocycles. The first-order chi connectivity index (χ1) is 13.5. The number of nitrogens with zero attached hydrogens (tertiary/aromatic N) is 1. The Kier molecular flexibility index (Phi) is 4.01. The standard InChI is InChI=1S/C20H19Cl6NO2/c21-13-14(22)19(24)12-11(18(13,23)20(19,25)26)15(28)27(16(12)29)7-17-4-8-1-9(5-17)3-10(2-8)6-17/h8-12H,1-7H2/t8?,9?,10?,11-,12-,17?,18-,19-/m0/s1. The summed E-state index contributed by atoms with van der Waals surface area (Å²) in [7, 11) is 0. The maximum absolute atomic E-state index is 13.5. The fourth-order valence-corrected chi connectivity index (χ4v) is 11.0. The van der Waals surface area contributed by atoms with Gasteiger partial charge in [0.1, 0.15) is 9.75 Å². The van der Waals surface area contributed by atoms with Crippen LogP contribution in [0.5, 0.6) is 0 Å².